The van der Waals surface area contributed by atoms with E-state index in [1.165, 1.54) is 32.4 Å². The van der Waals surface area contributed by atoms with Gasteiger partial charge >= 0.3 is 11.9 Å². The number of ether oxygens (including phenoxy) is 3. The van der Waals surface area contributed by atoms with Gasteiger partial charge in [-0.3, -0.25) is 4.79 Å². The van der Waals surface area contributed by atoms with E-state index in [0.717, 1.165) is 11.8 Å². The molecule has 1 unspecified atom stereocenters. The Hall–Kier alpha value is -3.57. The third-order valence-electron chi connectivity index (χ3n) is 4.83. The second kappa shape index (κ2) is 11.7. The van der Waals surface area contributed by atoms with E-state index in [1.54, 1.807) is 23.7 Å². The number of hydrogen-bond donors (Lipinski definition) is 1. The molecule has 0 aliphatic heterocycles. The fraction of sp³-hybridized carbons (Fsp3) is 0.261. The van der Waals surface area contributed by atoms with Gasteiger partial charge < -0.3 is 24.1 Å². The SMILES string of the molecule is COC(=O)c1ccc(C(=O)OC)c(NC(=O)CSc2nnc(C(C)Oc3ccccc3Cl)n2C)c1. The van der Waals surface area contributed by atoms with Crippen molar-refractivity contribution in [3.05, 3.63) is 64.4 Å². The van der Waals surface area contributed by atoms with Crippen molar-refractivity contribution in [1.82, 2.24) is 14.8 Å². The van der Waals surface area contributed by atoms with E-state index >= 15 is 0 Å². The van der Waals surface area contributed by atoms with E-state index in [-0.39, 0.29) is 22.6 Å². The zero-order valence-corrected chi connectivity index (χ0v) is 21.0. The summed E-state index contributed by atoms with van der Waals surface area (Å²) in [7, 11) is 4.22. The maximum atomic E-state index is 12.6. The molecule has 184 valence electrons. The van der Waals surface area contributed by atoms with Crippen LogP contribution in [0.25, 0.3) is 0 Å². The van der Waals surface area contributed by atoms with Crippen molar-refractivity contribution in [3.63, 3.8) is 0 Å². The lowest BCUT2D eigenvalue weighted by Gasteiger charge is -2.15. The maximum absolute atomic E-state index is 12.6. The highest BCUT2D eigenvalue weighted by molar-refractivity contribution is 7.99. The summed E-state index contributed by atoms with van der Waals surface area (Å²) in [5.74, 6) is -0.650. The van der Waals surface area contributed by atoms with Crippen LogP contribution < -0.4 is 10.1 Å². The first kappa shape index (κ1) is 26.0. The summed E-state index contributed by atoms with van der Waals surface area (Å²) in [5.41, 5.74) is 0.407. The normalized spacial score (nSPS) is 11.5. The second-order valence-electron chi connectivity index (χ2n) is 7.17. The van der Waals surface area contributed by atoms with Crippen molar-refractivity contribution in [3.8, 4) is 5.75 Å². The number of methoxy groups -OCH3 is 2. The number of amides is 1. The monoisotopic (exact) mass is 518 g/mol. The highest BCUT2D eigenvalue weighted by Crippen LogP contribution is 2.29. The molecule has 1 N–H and O–H groups in total. The Morgan fingerprint density at radius 2 is 1.80 bits per heavy atom. The Kier molecular flexibility index (Phi) is 8.72. The van der Waals surface area contributed by atoms with Crippen LogP contribution in [0.2, 0.25) is 5.02 Å². The van der Waals surface area contributed by atoms with Crippen LogP contribution in [0.15, 0.2) is 47.6 Å². The summed E-state index contributed by atoms with van der Waals surface area (Å²) >= 11 is 7.30. The molecule has 0 radical (unpaired) electrons. The predicted molar refractivity (Wildman–Crippen MR) is 130 cm³/mol. The Bertz CT molecular complexity index is 1250. The number of anilines is 1. The van der Waals surface area contributed by atoms with Crippen LogP contribution in [0, 0.1) is 0 Å². The summed E-state index contributed by atoms with van der Waals surface area (Å²) in [6, 6.07) is 11.3. The predicted octanol–water partition coefficient (Wildman–Crippen LogP) is 3.91. The van der Waals surface area contributed by atoms with E-state index in [2.05, 4.69) is 15.5 Å². The van der Waals surface area contributed by atoms with Crippen LogP contribution in [0.3, 0.4) is 0 Å². The quantitative estimate of drug-likeness (QED) is 0.332. The molecule has 35 heavy (non-hydrogen) atoms. The summed E-state index contributed by atoms with van der Waals surface area (Å²) < 4.78 is 17.1. The molecule has 3 aromatic rings. The highest BCUT2D eigenvalue weighted by Gasteiger charge is 2.20. The Morgan fingerprint density at radius 3 is 2.49 bits per heavy atom. The fourth-order valence-corrected chi connectivity index (χ4v) is 3.98. The van der Waals surface area contributed by atoms with Crippen molar-refractivity contribution >= 4 is 46.9 Å². The van der Waals surface area contributed by atoms with Gasteiger partial charge in [-0.05, 0) is 37.3 Å². The van der Waals surface area contributed by atoms with E-state index < -0.39 is 23.9 Å². The molecule has 2 aromatic carbocycles. The first-order valence-corrected chi connectivity index (χ1v) is 11.6. The number of hydrogen-bond acceptors (Lipinski definition) is 9. The van der Waals surface area contributed by atoms with Crippen LogP contribution in [0.5, 0.6) is 5.75 Å². The molecule has 10 nitrogen and oxygen atoms in total. The average molecular weight is 519 g/mol. The van der Waals surface area contributed by atoms with E-state index in [1.807, 2.05) is 19.1 Å². The number of benzene rings is 2. The Morgan fingerprint density at radius 1 is 1.09 bits per heavy atom. The van der Waals surface area contributed by atoms with Crippen LogP contribution in [0.1, 0.15) is 39.6 Å². The number of nitrogens with zero attached hydrogens (tertiary/aromatic N) is 3. The van der Waals surface area contributed by atoms with Gasteiger partial charge in [0.05, 0.1) is 41.8 Å². The van der Waals surface area contributed by atoms with E-state index in [4.69, 9.17) is 25.8 Å². The Balaban J connectivity index is 1.68. The zero-order valence-electron chi connectivity index (χ0n) is 19.4. The van der Waals surface area contributed by atoms with E-state index in [9.17, 15) is 14.4 Å². The van der Waals surface area contributed by atoms with Crippen molar-refractivity contribution in [1.29, 1.82) is 0 Å². The molecule has 1 heterocycles. The van der Waals surface area contributed by atoms with Crippen LogP contribution >= 0.6 is 23.4 Å². The second-order valence-corrected chi connectivity index (χ2v) is 8.52. The molecule has 0 saturated carbocycles. The van der Waals surface area contributed by atoms with E-state index in [0.29, 0.717) is 21.8 Å². The summed E-state index contributed by atoms with van der Waals surface area (Å²) in [6.45, 7) is 1.82. The summed E-state index contributed by atoms with van der Waals surface area (Å²) in [4.78, 5) is 36.6. The molecular formula is C23H23ClN4O6S. The molecule has 1 atom stereocenters. The number of halogens is 1. The largest absolute Gasteiger partial charge is 0.481 e. The van der Waals surface area contributed by atoms with Crippen LogP contribution in [0.4, 0.5) is 5.69 Å². The number of thioether (sulfide) groups is 1. The number of carbonyl (C=O) groups excluding carboxylic acids is 3. The Labute approximate surface area is 210 Å². The van der Waals surface area contributed by atoms with Gasteiger partial charge in [0.1, 0.15) is 5.75 Å². The molecule has 12 heteroatoms. The molecule has 0 bridgehead atoms. The molecule has 1 amide bonds. The standard InChI is InChI=1S/C23H23ClN4O6S/c1-13(34-18-8-6-5-7-16(18)24)20-26-27-23(28(20)2)35-12-19(29)25-17-11-14(21(30)32-3)9-10-15(17)22(31)33-4/h5-11,13H,12H2,1-4H3,(H,25,29). The smallest absolute Gasteiger partial charge is 0.339 e. The number of carbonyl (C=O) groups is 3. The topological polar surface area (TPSA) is 122 Å². The fourth-order valence-electron chi connectivity index (χ4n) is 3.09. The van der Waals surface area contributed by atoms with Crippen molar-refractivity contribution in [2.24, 2.45) is 7.05 Å². The molecule has 0 saturated heterocycles. The third kappa shape index (κ3) is 6.31. The molecule has 0 spiro atoms. The molecule has 1 aromatic heterocycles. The molecular weight excluding hydrogens is 496 g/mol. The zero-order chi connectivity index (χ0) is 25.5. The minimum absolute atomic E-state index is 0.0329. The lowest BCUT2D eigenvalue weighted by Crippen LogP contribution is -2.18. The molecule has 0 aliphatic rings. The van der Waals surface area contributed by atoms with Gasteiger partial charge in [-0.15, -0.1) is 10.2 Å². The highest BCUT2D eigenvalue weighted by atomic mass is 35.5. The van der Waals surface area contributed by atoms with Crippen molar-refractivity contribution in [2.45, 2.75) is 18.2 Å². The maximum Gasteiger partial charge on any atom is 0.339 e. The van der Waals surface area contributed by atoms with Crippen molar-refractivity contribution < 1.29 is 28.6 Å². The minimum Gasteiger partial charge on any atom is -0.481 e. The summed E-state index contributed by atoms with van der Waals surface area (Å²) in [5, 5.41) is 11.9. The lowest BCUT2D eigenvalue weighted by atomic mass is 10.1. The van der Waals surface area contributed by atoms with Crippen molar-refractivity contribution in [2.75, 3.05) is 25.3 Å². The first-order valence-electron chi connectivity index (χ1n) is 10.3. The average Bonchev–Trinajstić information content (AvgIpc) is 3.23. The van der Waals surface area contributed by atoms with Gasteiger partial charge in [0, 0.05) is 7.05 Å². The number of para-hydroxylation sites is 1. The van der Waals surface area contributed by atoms with Gasteiger partial charge in [-0.25, -0.2) is 9.59 Å². The summed E-state index contributed by atoms with van der Waals surface area (Å²) in [6.07, 6.45) is -0.445. The third-order valence-corrected chi connectivity index (χ3v) is 6.16. The molecule has 0 aliphatic carbocycles. The number of esters is 2. The van der Waals surface area contributed by atoms with Crippen LogP contribution in [-0.4, -0.2) is 52.6 Å². The van der Waals surface area contributed by atoms with Gasteiger partial charge in [-0.1, -0.05) is 35.5 Å². The van der Waals surface area contributed by atoms with Gasteiger partial charge in [0.2, 0.25) is 5.91 Å². The van der Waals surface area contributed by atoms with Gasteiger partial charge in [0.15, 0.2) is 17.1 Å². The first-order chi connectivity index (χ1) is 16.7. The number of rotatable bonds is 9. The molecule has 0 fully saturated rings. The minimum atomic E-state index is -0.658. The number of nitrogens with one attached hydrogen (secondary N) is 1. The molecule has 3 rings (SSSR count). The number of aromatic nitrogens is 3. The lowest BCUT2D eigenvalue weighted by molar-refractivity contribution is -0.113. The van der Waals surface area contributed by atoms with Crippen LogP contribution in [-0.2, 0) is 21.3 Å². The van der Waals surface area contributed by atoms with Gasteiger partial charge in [-0.2, -0.15) is 0 Å². The van der Waals surface area contributed by atoms with Gasteiger partial charge in [0.25, 0.3) is 0 Å².